The normalized spacial score (nSPS) is 14.9. The SMILES string of the molecule is Cc1cc(OCC(=O)NC(C)c2ccccc2)nc2c1c(C1CC1)nn2C. The number of ether oxygens (including phenoxy) is 1. The molecule has 1 aliphatic rings. The lowest BCUT2D eigenvalue weighted by atomic mass is 10.1. The van der Waals surface area contributed by atoms with Crippen LogP contribution in [0.4, 0.5) is 0 Å². The van der Waals surface area contributed by atoms with Crippen molar-refractivity contribution in [3.8, 4) is 5.88 Å². The predicted octanol–water partition coefficient (Wildman–Crippen LogP) is 3.41. The first-order valence-electron chi connectivity index (χ1n) is 9.34. The minimum Gasteiger partial charge on any atom is -0.468 e. The van der Waals surface area contributed by atoms with Crippen LogP contribution in [0.15, 0.2) is 36.4 Å². The fraction of sp³-hybridized carbons (Fsp3) is 0.381. The van der Waals surface area contributed by atoms with E-state index in [0.29, 0.717) is 11.8 Å². The van der Waals surface area contributed by atoms with E-state index >= 15 is 0 Å². The van der Waals surface area contributed by atoms with Crippen LogP contribution in [-0.2, 0) is 11.8 Å². The Morgan fingerprint density at radius 3 is 2.78 bits per heavy atom. The van der Waals surface area contributed by atoms with Gasteiger partial charge in [-0.15, -0.1) is 0 Å². The number of fused-ring (bicyclic) bond motifs is 1. The van der Waals surface area contributed by atoms with Crippen molar-refractivity contribution in [2.45, 2.75) is 38.6 Å². The molecule has 0 radical (unpaired) electrons. The Morgan fingerprint density at radius 2 is 2.07 bits per heavy atom. The number of pyridine rings is 1. The van der Waals surface area contributed by atoms with Gasteiger partial charge in [0.2, 0.25) is 5.88 Å². The Kier molecular flexibility index (Phi) is 4.56. The number of aryl methyl sites for hydroxylation is 2. The van der Waals surface area contributed by atoms with E-state index in [-0.39, 0.29) is 18.6 Å². The molecule has 140 valence electrons. The van der Waals surface area contributed by atoms with Crippen molar-refractivity contribution in [3.63, 3.8) is 0 Å². The monoisotopic (exact) mass is 364 g/mol. The van der Waals surface area contributed by atoms with Crippen LogP contribution < -0.4 is 10.1 Å². The van der Waals surface area contributed by atoms with Gasteiger partial charge in [0, 0.05) is 24.4 Å². The van der Waals surface area contributed by atoms with E-state index in [9.17, 15) is 4.79 Å². The minimum atomic E-state index is -0.172. The second kappa shape index (κ2) is 7.02. The Labute approximate surface area is 158 Å². The highest BCUT2D eigenvalue weighted by Gasteiger charge is 2.30. The molecule has 3 aromatic rings. The molecule has 1 unspecified atom stereocenters. The molecule has 1 amide bonds. The molecule has 1 aromatic carbocycles. The van der Waals surface area contributed by atoms with Crippen molar-refractivity contribution in [3.05, 3.63) is 53.2 Å². The summed E-state index contributed by atoms with van der Waals surface area (Å²) in [4.78, 5) is 16.8. The molecule has 6 nitrogen and oxygen atoms in total. The fourth-order valence-corrected chi connectivity index (χ4v) is 3.40. The van der Waals surface area contributed by atoms with Gasteiger partial charge in [0.15, 0.2) is 12.3 Å². The average molecular weight is 364 g/mol. The van der Waals surface area contributed by atoms with Crippen molar-refractivity contribution in [1.82, 2.24) is 20.1 Å². The zero-order valence-corrected chi connectivity index (χ0v) is 15.9. The summed E-state index contributed by atoms with van der Waals surface area (Å²) in [5.41, 5.74) is 4.09. The standard InChI is InChI=1S/C21H24N4O2/c1-13-11-18(23-21-19(13)20(16-9-10-16)24-25(21)3)27-12-17(26)22-14(2)15-7-5-4-6-8-15/h4-8,11,14,16H,9-10,12H2,1-3H3,(H,22,26). The molecule has 2 aromatic heterocycles. The zero-order chi connectivity index (χ0) is 19.0. The number of carbonyl (C=O) groups excluding carboxylic acids is 1. The van der Waals surface area contributed by atoms with Gasteiger partial charge in [0.25, 0.3) is 5.91 Å². The van der Waals surface area contributed by atoms with Crippen molar-refractivity contribution in [1.29, 1.82) is 0 Å². The van der Waals surface area contributed by atoms with Crippen LogP contribution in [0.25, 0.3) is 11.0 Å². The van der Waals surface area contributed by atoms with Gasteiger partial charge in [0.05, 0.1) is 11.7 Å². The summed E-state index contributed by atoms with van der Waals surface area (Å²) < 4.78 is 7.48. The smallest absolute Gasteiger partial charge is 0.258 e. The number of amides is 1. The van der Waals surface area contributed by atoms with Gasteiger partial charge in [-0.1, -0.05) is 30.3 Å². The highest BCUT2D eigenvalue weighted by atomic mass is 16.5. The van der Waals surface area contributed by atoms with E-state index in [1.165, 1.54) is 12.8 Å². The van der Waals surface area contributed by atoms with E-state index in [0.717, 1.165) is 27.9 Å². The fourth-order valence-electron chi connectivity index (χ4n) is 3.40. The molecule has 1 saturated carbocycles. The summed E-state index contributed by atoms with van der Waals surface area (Å²) in [7, 11) is 1.90. The number of nitrogens with zero attached hydrogens (tertiary/aromatic N) is 3. The maximum atomic E-state index is 12.2. The van der Waals surface area contributed by atoms with E-state index in [1.54, 1.807) is 4.68 Å². The number of carbonyl (C=O) groups is 1. The summed E-state index contributed by atoms with van der Waals surface area (Å²) in [6.45, 7) is 3.93. The molecule has 0 spiro atoms. The molecule has 0 aliphatic heterocycles. The molecule has 1 atom stereocenters. The molecule has 0 bridgehead atoms. The topological polar surface area (TPSA) is 69.0 Å². The van der Waals surface area contributed by atoms with E-state index in [2.05, 4.69) is 15.4 Å². The van der Waals surface area contributed by atoms with Gasteiger partial charge in [-0.05, 0) is 37.8 Å². The maximum absolute atomic E-state index is 12.2. The lowest BCUT2D eigenvalue weighted by Gasteiger charge is -2.14. The minimum absolute atomic E-state index is 0.0670. The highest BCUT2D eigenvalue weighted by molar-refractivity contribution is 5.84. The molecule has 2 heterocycles. The van der Waals surface area contributed by atoms with E-state index < -0.39 is 0 Å². The molecule has 0 saturated heterocycles. The highest BCUT2D eigenvalue weighted by Crippen LogP contribution is 2.43. The lowest BCUT2D eigenvalue weighted by Crippen LogP contribution is -2.31. The Morgan fingerprint density at radius 1 is 1.33 bits per heavy atom. The molecular weight excluding hydrogens is 340 g/mol. The summed E-state index contributed by atoms with van der Waals surface area (Å²) in [6.07, 6.45) is 2.40. The number of nitrogens with one attached hydrogen (secondary N) is 1. The van der Waals surface area contributed by atoms with Crippen LogP contribution in [-0.4, -0.2) is 27.3 Å². The summed E-state index contributed by atoms with van der Waals surface area (Å²) in [5.74, 6) is 0.841. The molecular formula is C21H24N4O2. The summed E-state index contributed by atoms with van der Waals surface area (Å²) in [5, 5.41) is 8.71. The van der Waals surface area contributed by atoms with Crippen LogP contribution in [0, 0.1) is 6.92 Å². The van der Waals surface area contributed by atoms with Gasteiger partial charge >= 0.3 is 0 Å². The Balaban J connectivity index is 1.44. The summed E-state index contributed by atoms with van der Waals surface area (Å²) in [6, 6.07) is 11.7. The third kappa shape index (κ3) is 3.65. The first-order chi connectivity index (χ1) is 13.0. The largest absolute Gasteiger partial charge is 0.468 e. The van der Waals surface area contributed by atoms with E-state index in [4.69, 9.17) is 4.74 Å². The molecule has 4 rings (SSSR count). The number of hydrogen-bond acceptors (Lipinski definition) is 4. The first-order valence-corrected chi connectivity index (χ1v) is 9.34. The van der Waals surface area contributed by atoms with Crippen LogP contribution >= 0.6 is 0 Å². The van der Waals surface area contributed by atoms with Crippen molar-refractivity contribution < 1.29 is 9.53 Å². The number of aromatic nitrogens is 3. The lowest BCUT2D eigenvalue weighted by molar-refractivity contribution is -0.123. The molecule has 1 fully saturated rings. The third-order valence-corrected chi connectivity index (χ3v) is 4.99. The first kappa shape index (κ1) is 17.5. The van der Waals surface area contributed by atoms with Gasteiger partial charge in [-0.2, -0.15) is 10.1 Å². The van der Waals surface area contributed by atoms with Gasteiger partial charge < -0.3 is 10.1 Å². The van der Waals surface area contributed by atoms with Crippen LogP contribution in [0.2, 0.25) is 0 Å². The van der Waals surface area contributed by atoms with Crippen LogP contribution in [0.5, 0.6) is 5.88 Å². The van der Waals surface area contributed by atoms with Crippen molar-refractivity contribution >= 4 is 16.9 Å². The molecule has 27 heavy (non-hydrogen) atoms. The van der Waals surface area contributed by atoms with Crippen molar-refractivity contribution in [2.24, 2.45) is 7.05 Å². The maximum Gasteiger partial charge on any atom is 0.258 e. The number of hydrogen-bond donors (Lipinski definition) is 1. The van der Waals surface area contributed by atoms with Gasteiger partial charge in [-0.25, -0.2) is 0 Å². The average Bonchev–Trinajstić information content (AvgIpc) is 3.45. The second-order valence-corrected chi connectivity index (χ2v) is 7.25. The third-order valence-electron chi connectivity index (χ3n) is 4.99. The Bertz CT molecular complexity index is 977. The van der Waals surface area contributed by atoms with Crippen molar-refractivity contribution in [2.75, 3.05) is 6.61 Å². The van der Waals surface area contributed by atoms with Crippen LogP contribution in [0.3, 0.4) is 0 Å². The van der Waals surface area contributed by atoms with Crippen LogP contribution in [0.1, 0.15) is 48.5 Å². The zero-order valence-electron chi connectivity index (χ0n) is 15.9. The van der Waals surface area contributed by atoms with E-state index in [1.807, 2.05) is 57.3 Å². The number of rotatable bonds is 6. The quantitative estimate of drug-likeness (QED) is 0.728. The van der Waals surface area contributed by atoms with Gasteiger partial charge in [-0.3, -0.25) is 9.48 Å². The molecule has 1 aliphatic carbocycles. The number of benzene rings is 1. The summed E-state index contributed by atoms with van der Waals surface area (Å²) >= 11 is 0. The molecule has 1 N–H and O–H groups in total. The second-order valence-electron chi connectivity index (χ2n) is 7.25. The van der Waals surface area contributed by atoms with Gasteiger partial charge in [0.1, 0.15) is 0 Å². The Hall–Kier alpha value is -2.89. The molecule has 6 heteroatoms. The predicted molar refractivity (Wildman–Crippen MR) is 104 cm³/mol.